The zero-order valence-electron chi connectivity index (χ0n) is 21.4. The maximum absolute atomic E-state index is 13.9. The molecule has 5 rings (SSSR count). The fraction of sp³-hybridized carbons (Fsp3) is 0.219. The molecule has 6 heteroatoms. The largest absolute Gasteiger partial charge is 0.338 e. The van der Waals surface area contributed by atoms with E-state index in [4.69, 9.17) is 0 Å². The van der Waals surface area contributed by atoms with Gasteiger partial charge in [0, 0.05) is 44.0 Å². The molecule has 1 aliphatic rings. The van der Waals surface area contributed by atoms with Gasteiger partial charge in [-0.1, -0.05) is 91.0 Å². The molecule has 0 aliphatic carbocycles. The van der Waals surface area contributed by atoms with E-state index in [9.17, 15) is 14.4 Å². The summed E-state index contributed by atoms with van der Waals surface area (Å²) in [5.41, 5.74) is 3.22. The number of pyridine rings is 1. The SMILES string of the molecule is Cc1ccn([C@H](C(=O)c2ccccc2)C(=O)N2CCN(C(c3ccccc3)c3ccccc3)CC2)c(=O)c1. The third-order valence-electron chi connectivity index (χ3n) is 7.14. The summed E-state index contributed by atoms with van der Waals surface area (Å²) in [5, 5.41) is 0. The predicted octanol–water partition coefficient (Wildman–Crippen LogP) is 4.51. The van der Waals surface area contributed by atoms with Crippen LogP contribution in [0.1, 0.15) is 39.1 Å². The Labute approximate surface area is 222 Å². The van der Waals surface area contributed by atoms with Gasteiger partial charge in [0.1, 0.15) is 0 Å². The van der Waals surface area contributed by atoms with Gasteiger partial charge in [-0.05, 0) is 29.7 Å². The number of hydrogen-bond acceptors (Lipinski definition) is 4. The van der Waals surface area contributed by atoms with E-state index in [0.29, 0.717) is 31.7 Å². The average molecular weight is 506 g/mol. The number of aryl methyl sites for hydroxylation is 1. The number of ketones is 1. The van der Waals surface area contributed by atoms with Crippen molar-refractivity contribution in [3.8, 4) is 0 Å². The first-order valence-electron chi connectivity index (χ1n) is 12.9. The first kappa shape index (κ1) is 25.4. The number of nitrogens with zero attached hydrogens (tertiary/aromatic N) is 3. The minimum absolute atomic E-state index is 0.0658. The van der Waals surface area contributed by atoms with Crippen LogP contribution in [-0.2, 0) is 4.79 Å². The first-order chi connectivity index (χ1) is 18.5. The van der Waals surface area contributed by atoms with Gasteiger partial charge in [0.2, 0.25) is 0 Å². The Hall–Kier alpha value is -4.29. The van der Waals surface area contributed by atoms with E-state index in [2.05, 4.69) is 29.2 Å². The second-order valence-electron chi connectivity index (χ2n) is 9.67. The highest BCUT2D eigenvalue weighted by Crippen LogP contribution is 2.30. The number of rotatable bonds is 7. The van der Waals surface area contributed by atoms with Crippen molar-refractivity contribution in [3.63, 3.8) is 0 Å². The van der Waals surface area contributed by atoms with Crippen molar-refractivity contribution in [2.75, 3.05) is 26.2 Å². The van der Waals surface area contributed by atoms with E-state index in [-0.39, 0.29) is 23.3 Å². The van der Waals surface area contributed by atoms with Crippen LogP contribution < -0.4 is 5.56 Å². The summed E-state index contributed by atoms with van der Waals surface area (Å²) in [6, 6.07) is 31.5. The number of benzene rings is 3. The van der Waals surface area contributed by atoms with Crippen molar-refractivity contribution in [2.45, 2.75) is 19.0 Å². The maximum Gasteiger partial charge on any atom is 0.253 e. The molecule has 3 aromatic carbocycles. The molecule has 0 N–H and O–H groups in total. The standard InChI is InChI=1S/C32H31N3O3/c1-24-17-18-35(28(36)23-24)30(31(37)27-15-9-4-10-16-27)32(38)34-21-19-33(20-22-34)29(25-11-5-2-6-12-25)26-13-7-3-8-14-26/h2-18,23,29-30H,19-22H2,1H3/t30-/m1/s1. The molecule has 38 heavy (non-hydrogen) atoms. The molecule has 1 fully saturated rings. The Kier molecular flexibility index (Phi) is 7.61. The minimum Gasteiger partial charge on any atom is -0.338 e. The third-order valence-corrected chi connectivity index (χ3v) is 7.14. The lowest BCUT2D eigenvalue weighted by atomic mass is 9.96. The smallest absolute Gasteiger partial charge is 0.253 e. The molecule has 0 spiro atoms. The quantitative estimate of drug-likeness (QED) is 0.274. The van der Waals surface area contributed by atoms with E-state index in [1.807, 2.05) is 49.4 Å². The molecule has 0 bridgehead atoms. The van der Waals surface area contributed by atoms with E-state index in [0.717, 1.165) is 5.56 Å². The monoisotopic (exact) mass is 505 g/mol. The Morgan fingerprint density at radius 2 is 1.24 bits per heavy atom. The zero-order valence-corrected chi connectivity index (χ0v) is 21.4. The van der Waals surface area contributed by atoms with E-state index < -0.39 is 6.04 Å². The van der Waals surface area contributed by atoms with E-state index in [1.54, 1.807) is 41.4 Å². The predicted molar refractivity (Wildman–Crippen MR) is 148 cm³/mol. The summed E-state index contributed by atoms with van der Waals surface area (Å²) < 4.78 is 1.27. The van der Waals surface area contributed by atoms with Crippen LogP contribution in [0.25, 0.3) is 0 Å². The number of aromatic nitrogens is 1. The fourth-order valence-corrected chi connectivity index (χ4v) is 5.18. The maximum atomic E-state index is 13.9. The Bertz CT molecular complexity index is 1400. The molecule has 4 aromatic rings. The molecule has 0 saturated carbocycles. The number of carbonyl (C=O) groups is 2. The molecule has 6 nitrogen and oxygen atoms in total. The summed E-state index contributed by atoms with van der Waals surface area (Å²) in [6.45, 7) is 4.05. The van der Waals surface area contributed by atoms with Crippen LogP contribution in [0.3, 0.4) is 0 Å². The van der Waals surface area contributed by atoms with Crippen LogP contribution in [0, 0.1) is 6.92 Å². The molecule has 1 aliphatic heterocycles. The summed E-state index contributed by atoms with van der Waals surface area (Å²) in [7, 11) is 0. The van der Waals surface area contributed by atoms with E-state index in [1.165, 1.54) is 21.8 Å². The van der Waals surface area contributed by atoms with Crippen LogP contribution in [0.2, 0.25) is 0 Å². The topological polar surface area (TPSA) is 62.6 Å². The average Bonchev–Trinajstić information content (AvgIpc) is 2.96. The van der Waals surface area contributed by atoms with Crippen molar-refractivity contribution in [1.29, 1.82) is 0 Å². The molecule has 0 unspecified atom stereocenters. The molecule has 1 atom stereocenters. The lowest BCUT2D eigenvalue weighted by Gasteiger charge is -2.40. The van der Waals surface area contributed by atoms with Gasteiger partial charge >= 0.3 is 0 Å². The lowest BCUT2D eigenvalue weighted by Crippen LogP contribution is -2.53. The van der Waals surface area contributed by atoms with Crippen molar-refractivity contribution in [3.05, 3.63) is 142 Å². The molecule has 1 saturated heterocycles. The fourth-order valence-electron chi connectivity index (χ4n) is 5.18. The van der Waals surface area contributed by atoms with Crippen molar-refractivity contribution < 1.29 is 9.59 Å². The second-order valence-corrected chi connectivity index (χ2v) is 9.67. The Morgan fingerprint density at radius 1 is 0.711 bits per heavy atom. The number of carbonyl (C=O) groups excluding carboxylic acids is 2. The molecule has 1 aromatic heterocycles. The van der Waals surface area contributed by atoms with Crippen molar-refractivity contribution in [2.24, 2.45) is 0 Å². The van der Waals surface area contributed by atoms with Crippen molar-refractivity contribution >= 4 is 11.7 Å². The van der Waals surface area contributed by atoms with Crippen LogP contribution in [0.5, 0.6) is 0 Å². The minimum atomic E-state index is -1.24. The second kappa shape index (κ2) is 11.4. The third kappa shape index (κ3) is 5.36. The molecular weight excluding hydrogens is 474 g/mol. The zero-order chi connectivity index (χ0) is 26.5. The number of hydrogen-bond donors (Lipinski definition) is 0. The molecule has 1 amide bonds. The van der Waals surface area contributed by atoms with Gasteiger partial charge in [-0.2, -0.15) is 0 Å². The van der Waals surface area contributed by atoms with Gasteiger partial charge in [-0.25, -0.2) is 0 Å². The first-order valence-corrected chi connectivity index (χ1v) is 12.9. The highest BCUT2D eigenvalue weighted by Gasteiger charge is 2.36. The van der Waals surface area contributed by atoms with Crippen LogP contribution >= 0.6 is 0 Å². The van der Waals surface area contributed by atoms with Crippen LogP contribution in [0.15, 0.2) is 114 Å². The van der Waals surface area contributed by atoms with E-state index >= 15 is 0 Å². The summed E-state index contributed by atoms with van der Waals surface area (Å²) >= 11 is 0. The van der Waals surface area contributed by atoms with Gasteiger partial charge in [-0.15, -0.1) is 0 Å². The highest BCUT2D eigenvalue weighted by molar-refractivity contribution is 6.11. The number of amides is 1. The Morgan fingerprint density at radius 3 is 1.76 bits per heavy atom. The van der Waals surface area contributed by atoms with Gasteiger partial charge in [-0.3, -0.25) is 23.9 Å². The summed E-state index contributed by atoms with van der Waals surface area (Å²) in [5.74, 6) is -0.726. The number of piperazine rings is 1. The normalized spacial score (nSPS) is 14.8. The van der Waals surface area contributed by atoms with Gasteiger partial charge in [0.15, 0.2) is 11.8 Å². The summed E-state index contributed by atoms with van der Waals surface area (Å²) in [6.07, 6.45) is 1.55. The highest BCUT2D eigenvalue weighted by atomic mass is 16.2. The van der Waals surface area contributed by atoms with Gasteiger partial charge < -0.3 is 4.90 Å². The Balaban J connectivity index is 1.40. The van der Waals surface area contributed by atoms with Crippen LogP contribution in [0.4, 0.5) is 0 Å². The lowest BCUT2D eigenvalue weighted by molar-refractivity contribution is -0.135. The van der Waals surface area contributed by atoms with Gasteiger partial charge in [0.05, 0.1) is 6.04 Å². The molecule has 0 radical (unpaired) electrons. The molecule has 192 valence electrons. The molecular formula is C32H31N3O3. The van der Waals surface area contributed by atoms with Crippen LogP contribution in [-0.4, -0.2) is 52.2 Å². The summed E-state index contributed by atoms with van der Waals surface area (Å²) in [4.78, 5) is 44.5. The van der Waals surface area contributed by atoms with Gasteiger partial charge in [0.25, 0.3) is 11.5 Å². The van der Waals surface area contributed by atoms with Crippen molar-refractivity contribution in [1.82, 2.24) is 14.4 Å². The number of Topliss-reactive ketones (excluding diaryl/α,β-unsaturated/α-hetero) is 1. The molecule has 2 heterocycles.